The van der Waals surface area contributed by atoms with E-state index < -0.39 is 0 Å². The molecule has 7 heteroatoms. The molecule has 1 amide bonds. The van der Waals surface area contributed by atoms with Crippen LogP contribution in [0.3, 0.4) is 0 Å². The van der Waals surface area contributed by atoms with E-state index in [1.165, 1.54) is 39.7 Å². The molecule has 0 fully saturated rings. The lowest BCUT2D eigenvalue weighted by atomic mass is 10.1. The van der Waals surface area contributed by atoms with Gasteiger partial charge in [-0.25, -0.2) is 0 Å². The highest BCUT2D eigenvalue weighted by Gasteiger charge is 2.03. The van der Waals surface area contributed by atoms with Crippen LogP contribution in [0.1, 0.15) is 39.7 Å². The standard InChI is InChI=1S/C21H29N3O2S.C13H12O/c1-5-20-19(21(24-27-20)23-14-6-13-22-16(4)25)12-9-17-7-10-18(11-8-17)26-15(2)3;1-14-13-9-7-12(8-10-13)11-5-3-2-4-6-11/h5,7-8,10-12,15H,6,9,13-14H2,1-4H3,(H,22,25)(H,23,24);2-10H,1H3/b19-12+,20-5+;. The van der Waals surface area contributed by atoms with Crippen LogP contribution in [0.15, 0.2) is 78.9 Å². The highest BCUT2D eigenvalue weighted by molar-refractivity contribution is 7.03. The van der Waals surface area contributed by atoms with Crippen molar-refractivity contribution in [2.75, 3.05) is 25.5 Å². The topological polar surface area (TPSA) is 72.5 Å². The van der Waals surface area contributed by atoms with Crippen LogP contribution >= 0.6 is 11.5 Å². The summed E-state index contributed by atoms with van der Waals surface area (Å²) in [7, 11) is 1.68. The van der Waals surface area contributed by atoms with Gasteiger partial charge >= 0.3 is 0 Å². The van der Waals surface area contributed by atoms with E-state index in [1.54, 1.807) is 7.11 Å². The molecule has 0 saturated heterocycles. The Hall–Kier alpha value is -4.10. The van der Waals surface area contributed by atoms with E-state index in [-0.39, 0.29) is 12.0 Å². The molecule has 4 aromatic rings. The van der Waals surface area contributed by atoms with E-state index in [2.05, 4.69) is 63.6 Å². The van der Waals surface area contributed by atoms with Gasteiger partial charge in [0, 0.05) is 25.2 Å². The van der Waals surface area contributed by atoms with Gasteiger partial charge in [0.05, 0.1) is 17.7 Å². The van der Waals surface area contributed by atoms with Crippen molar-refractivity contribution in [2.45, 2.75) is 46.6 Å². The molecule has 4 rings (SSSR count). The number of methoxy groups -OCH3 is 1. The normalized spacial score (nSPS) is 11.6. The van der Waals surface area contributed by atoms with Crippen LogP contribution in [0.5, 0.6) is 11.5 Å². The minimum Gasteiger partial charge on any atom is -0.497 e. The van der Waals surface area contributed by atoms with E-state index in [4.69, 9.17) is 9.47 Å². The third-order valence-electron chi connectivity index (χ3n) is 6.07. The number of carbonyl (C=O) groups excluding carboxylic acids is 1. The first-order valence-electron chi connectivity index (χ1n) is 13.9. The third kappa shape index (κ3) is 10.8. The van der Waals surface area contributed by atoms with Crippen molar-refractivity contribution in [2.24, 2.45) is 0 Å². The van der Waals surface area contributed by atoms with Gasteiger partial charge in [0.25, 0.3) is 0 Å². The second-order valence-electron chi connectivity index (χ2n) is 9.67. The Labute approximate surface area is 247 Å². The molecular weight excluding hydrogens is 530 g/mol. The smallest absolute Gasteiger partial charge is 0.216 e. The number of rotatable bonds is 11. The van der Waals surface area contributed by atoms with Crippen molar-refractivity contribution in [1.29, 1.82) is 0 Å². The largest absolute Gasteiger partial charge is 0.497 e. The highest BCUT2D eigenvalue weighted by Crippen LogP contribution is 2.21. The Morgan fingerprint density at radius 3 is 2.20 bits per heavy atom. The third-order valence-corrected chi connectivity index (χ3v) is 7.00. The van der Waals surface area contributed by atoms with Gasteiger partial charge < -0.3 is 20.1 Å². The first-order valence-corrected chi connectivity index (χ1v) is 14.7. The fraction of sp³-hybridized carbons (Fsp3) is 0.294. The lowest BCUT2D eigenvalue weighted by Crippen LogP contribution is -2.25. The molecule has 0 aliphatic rings. The Bertz CT molecular complexity index is 1450. The molecule has 0 aliphatic carbocycles. The van der Waals surface area contributed by atoms with Gasteiger partial charge in [-0.2, -0.15) is 4.37 Å². The first-order chi connectivity index (χ1) is 19.9. The van der Waals surface area contributed by atoms with Crippen LogP contribution in [0.4, 0.5) is 5.82 Å². The van der Waals surface area contributed by atoms with Crippen molar-refractivity contribution in [1.82, 2.24) is 9.69 Å². The van der Waals surface area contributed by atoms with E-state index >= 15 is 0 Å². The molecule has 1 aromatic heterocycles. The van der Waals surface area contributed by atoms with Crippen LogP contribution in [0, 0.1) is 0 Å². The quantitative estimate of drug-likeness (QED) is 0.214. The second kappa shape index (κ2) is 16.9. The van der Waals surface area contributed by atoms with Gasteiger partial charge in [-0.15, -0.1) is 0 Å². The molecule has 0 unspecified atom stereocenters. The average molecular weight is 572 g/mol. The predicted octanol–water partition coefficient (Wildman–Crippen LogP) is 6.05. The second-order valence-corrected chi connectivity index (χ2v) is 10.5. The number of hydrogen-bond donors (Lipinski definition) is 2. The van der Waals surface area contributed by atoms with E-state index in [0.29, 0.717) is 6.54 Å². The number of amides is 1. The number of hydrogen-bond acceptors (Lipinski definition) is 6. The molecule has 0 radical (unpaired) electrons. The molecule has 1 heterocycles. The number of aromatic nitrogens is 1. The lowest BCUT2D eigenvalue weighted by Gasteiger charge is -2.09. The number of nitrogens with zero attached hydrogens (tertiary/aromatic N) is 1. The molecule has 6 nitrogen and oxygen atoms in total. The maximum absolute atomic E-state index is 10.9. The fourth-order valence-electron chi connectivity index (χ4n) is 4.01. The van der Waals surface area contributed by atoms with Crippen LogP contribution in [-0.2, 0) is 11.2 Å². The minimum atomic E-state index is 0.00497. The van der Waals surface area contributed by atoms with Gasteiger partial charge in [0.15, 0.2) is 0 Å². The summed E-state index contributed by atoms with van der Waals surface area (Å²) in [6.45, 7) is 9.06. The summed E-state index contributed by atoms with van der Waals surface area (Å²) in [4.78, 5) is 10.9. The zero-order chi connectivity index (χ0) is 29.5. The lowest BCUT2D eigenvalue weighted by molar-refractivity contribution is -0.118. The van der Waals surface area contributed by atoms with Crippen LogP contribution in [0.25, 0.3) is 23.3 Å². The Kier molecular flexibility index (Phi) is 12.9. The van der Waals surface area contributed by atoms with Crippen molar-refractivity contribution in [3.8, 4) is 22.6 Å². The predicted molar refractivity (Wildman–Crippen MR) is 172 cm³/mol. The molecule has 216 valence electrons. The SMILES string of the molecule is C/C=c1/snc(NCCCNC(C)=O)/c1=C/Cc1ccc(OC(C)C)cc1.COc1ccc(-c2ccccc2)cc1. The average Bonchev–Trinajstić information content (AvgIpc) is 3.38. The van der Waals surface area contributed by atoms with Gasteiger partial charge in [0.1, 0.15) is 17.3 Å². The molecule has 0 aliphatic heterocycles. The Morgan fingerprint density at radius 1 is 0.927 bits per heavy atom. The number of ether oxygens (including phenoxy) is 2. The number of nitrogens with one attached hydrogen (secondary N) is 2. The zero-order valence-corrected chi connectivity index (χ0v) is 25.5. The Balaban J connectivity index is 0.000000275. The fourth-order valence-corrected chi connectivity index (χ4v) is 4.75. The maximum atomic E-state index is 10.9. The van der Waals surface area contributed by atoms with Crippen molar-refractivity contribution in [3.05, 3.63) is 94.2 Å². The van der Waals surface area contributed by atoms with Crippen molar-refractivity contribution in [3.63, 3.8) is 0 Å². The molecule has 3 aromatic carbocycles. The molecular formula is C34H41N3O3S. The summed E-state index contributed by atoms with van der Waals surface area (Å²) in [6.07, 6.45) is 6.18. The molecule has 0 spiro atoms. The molecule has 41 heavy (non-hydrogen) atoms. The summed E-state index contributed by atoms with van der Waals surface area (Å²) < 4.78 is 16.5. The molecule has 2 N–H and O–H groups in total. The monoisotopic (exact) mass is 571 g/mol. The van der Waals surface area contributed by atoms with Crippen molar-refractivity contribution < 1.29 is 14.3 Å². The van der Waals surface area contributed by atoms with Gasteiger partial charge in [0.2, 0.25) is 5.91 Å². The molecule has 0 saturated carbocycles. The van der Waals surface area contributed by atoms with E-state index in [9.17, 15) is 4.79 Å². The summed E-state index contributed by atoms with van der Waals surface area (Å²) in [5.41, 5.74) is 3.68. The van der Waals surface area contributed by atoms with E-state index in [1.807, 2.05) is 63.2 Å². The van der Waals surface area contributed by atoms with Gasteiger partial charge in [-0.1, -0.05) is 66.7 Å². The molecule has 0 atom stereocenters. The van der Waals surface area contributed by atoms with Gasteiger partial charge in [-0.05, 0) is 86.1 Å². The van der Waals surface area contributed by atoms with Crippen LogP contribution < -0.4 is 29.9 Å². The number of carbonyl (C=O) groups is 1. The Morgan fingerprint density at radius 2 is 1.59 bits per heavy atom. The summed E-state index contributed by atoms with van der Waals surface area (Å²) in [6, 6.07) is 26.6. The zero-order valence-electron chi connectivity index (χ0n) is 24.6. The first kappa shape index (κ1) is 31.4. The minimum absolute atomic E-state index is 0.00497. The van der Waals surface area contributed by atoms with Crippen LogP contribution in [0.2, 0.25) is 0 Å². The van der Waals surface area contributed by atoms with Crippen molar-refractivity contribution >= 4 is 35.4 Å². The number of benzene rings is 3. The summed E-state index contributed by atoms with van der Waals surface area (Å²) in [5, 5.41) is 7.33. The highest BCUT2D eigenvalue weighted by atomic mass is 32.1. The number of anilines is 1. The molecule has 0 bridgehead atoms. The summed E-state index contributed by atoms with van der Waals surface area (Å²) in [5.74, 6) is 2.71. The summed E-state index contributed by atoms with van der Waals surface area (Å²) >= 11 is 1.50. The van der Waals surface area contributed by atoms with E-state index in [0.717, 1.165) is 41.9 Å². The maximum Gasteiger partial charge on any atom is 0.216 e. The van der Waals surface area contributed by atoms with Gasteiger partial charge in [-0.3, -0.25) is 4.79 Å². The van der Waals surface area contributed by atoms with Crippen LogP contribution in [-0.4, -0.2) is 36.6 Å².